The second-order valence-electron chi connectivity index (χ2n) is 13.0. The molecule has 52 heavy (non-hydrogen) atoms. The summed E-state index contributed by atoms with van der Waals surface area (Å²) in [6.07, 6.45) is 0. The van der Waals surface area contributed by atoms with Gasteiger partial charge in [0.05, 0.1) is 33.6 Å². The minimum absolute atomic E-state index is 0.709. The average Bonchev–Trinajstić information content (AvgIpc) is 3.23. The molecule has 0 N–H and O–H groups in total. The van der Waals surface area contributed by atoms with Gasteiger partial charge in [-0.15, -0.1) is 0 Å². The zero-order chi connectivity index (χ0) is 34.4. The Bertz CT molecular complexity index is 2920. The molecule has 0 atom stereocenters. The van der Waals surface area contributed by atoms with Crippen LogP contribution in [-0.2, 0) is 0 Å². The summed E-state index contributed by atoms with van der Waals surface area (Å²) in [5.74, 6) is 0.709. The van der Waals surface area contributed by atoms with Crippen LogP contribution in [-0.4, -0.2) is 19.9 Å². The highest BCUT2D eigenvalue weighted by Gasteiger charge is 2.17. The summed E-state index contributed by atoms with van der Waals surface area (Å²) in [5, 5.41) is 5.41. The summed E-state index contributed by atoms with van der Waals surface area (Å²) in [5.41, 5.74) is 12.1. The molecule has 0 aliphatic carbocycles. The van der Waals surface area contributed by atoms with Crippen molar-refractivity contribution in [1.29, 1.82) is 0 Å². The molecular formula is C48H30N4. The van der Waals surface area contributed by atoms with E-state index in [0.717, 1.165) is 93.9 Å². The lowest BCUT2D eigenvalue weighted by Gasteiger charge is -2.14. The third-order valence-corrected chi connectivity index (χ3v) is 9.86. The van der Waals surface area contributed by atoms with Gasteiger partial charge in [0, 0.05) is 43.8 Å². The van der Waals surface area contributed by atoms with Crippen LogP contribution in [0.15, 0.2) is 182 Å². The van der Waals surface area contributed by atoms with E-state index >= 15 is 0 Å². The Balaban J connectivity index is 1.12. The molecule has 0 saturated carbocycles. The van der Waals surface area contributed by atoms with Gasteiger partial charge in [-0.3, -0.25) is 0 Å². The Morgan fingerprint density at radius 2 is 0.904 bits per heavy atom. The van der Waals surface area contributed by atoms with E-state index in [9.17, 15) is 0 Å². The number of hydrogen-bond donors (Lipinski definition) is 0. The van der Waals surface area contributed by atoms with Crippen LogP contribution in [0.4, 0.5) is 0 Å². The summed E-state index contributed by atoms with van der Waals surface area (Å²) >= 11 is 0. The molecule has 4 nitrogen and oxygen atoms in total. The predicted molar refractivity (Wildman–Crippen MR) is 215 cm³/mol. The molecule has 0 radical (unpaired) electrons. The van der Waals surface area contributed by atoms with Gasteiger partial charge in [-0.05, 0) is 40.8 Å². The van der Waals surface area contributed by atoms with Gasteiger partial charge in [0.2, 0.25) is 0 Å². The monoisotopic (exact) mass is 662 g/mol. The number of nitrogens with zero attached hydrogens (tertiary/aromatic N) is 4. The third kappa shape index (κ3) is 5.17. The van der Waals surface area contributed by atoms with E-state index in [1.807, 2.05) is 42.5 Å². The van der Waals surface area contributed by atoms with Crippen LogP contribution in [0.3, 0.4) is 0 Å². The molecule has 0 aliphatic rings. The molecule has 4 heteroatoms. The van der Waals surface area contributed by atoms with Crippen LogP contribution in [0.1, 0.15) is 0 Å². The van der Waals surface area contributed by atoms with Gasteiger partial charge in [-0.1, -0.05) is 158 Å². The van der Waals surface area contributed by atoms with E-state index in [1.165, 1.54) is 0 Å². The molecule has 0 spiro atoms. The maximum absolute atomic E-state index is 5.32. The maximum Gasteiger partial charge on any atom is 0.160 e. The second-order valence-corrected chi connectivity index (χ2v) is 13.0. The standard InChI is InChI=1S/C48H30N4/c1-4-12-32(13-5-1)41-28-25-35-24-27-38-40-30-37(26-29-43(40)50-46(44(38)47(35)49-41)34-16-8-3-9-17-34)31-20-22-36(23-21-31)48-51-42-19-11-10-18-39(42)45(52-48)33-14-6-2-7-15-33/h1-30H. The summed E-state index contributed by atoms with van der Waals surface area (Å²) in [6, 6.07) is 63.2. The highest BCUT2D eigenvalue weighted by Crippen LogP contribution is 2.39. The van der Waals surface area contributed by atoms with E-state index in [2.05, 4.69) is 140 Å². The van der Waals surface area contributed by atoms with Crippen LogP contribution < -0.4 is 0 Å². The van der Waals surface area contributed by atoms with Gasteiger partial charge in [-0.2, -0.15) is 0 Å². The molecule has 0 saturated heterocycles. The van der Waals surface area contributed by atoms with E-state index < -0.39 is 0 Å². The number of benzene rings is 7. The van der Waals surface area contributed by atoms with Crippen molar-refractivity contribution in [2.75, 3.05) is 0 Å². The van der Waals surface area contributed by atoms with Crippen LogP contribution in [0.25, 0.3) is 99.8 Å². The molecule has 242 valence electrons. The van der Waals surface area contributed by atoms with Crippen molar-refractivity contribution in [2.24, 2.45) is 0 Å². The quantitative estimate of drug-likeness (QED) is 0.172. The lowest BCUT2D eigenvalue weighted by atomic mass is 9.95. The largest absolute Gasteiger partial charge is 0.247 e. The lowest BCUT2D eigenvalue weighted by molar-refractivity contribution is 1.23. The second kappa shape index (κ2) is 12.4. The van der Waals surface area contributed by atoms with Crippen molar-refractivity contribution in [1.82, 2.24) is 19.9 Å². The fourth-order valence-electron chi connectivity index (χ4n) is 7.27. The molecular weight excluding hydrogens is 633 g/mol. The molecule has 0 unspecified atom stereocenters. The van der Waals surface area contributed by atoms with Crippen molar-refractivity contribution in [2.45, 2.75) is 0 Å². The van der Waals surface area contributed by atoms with E-state index in [0.29, 0.717) is 5.82 Å². The Morgan fingerprint density at radius 1 is 0.308 bits per heavy atom. The number of rotatable bonds is 5. The van der Waals surface area contributed by atoms with Gasteiger partial charge < -0.3 is 0 Å². The van der Waals surface area contributed by atoms with Gasteiger partial charge in [0.25, 0.3) is 0 Å². The first kappa shape index (κ1) is 29.8. The smallest absolute Gasteiger partial charge is 0.160 e. The molecule has 0 aliphatic heterocycles. The topological polar surface area (TPSA) is 51.6 Å². The molecule has 3 heterocycles. The van der Waals surface area contributed by atoms with E-state index in [4.69, 9.17) is 19.9 Å². The predicted octanol–water partition coefficient (Wildman–Crippen LogP) is 12.2. The van der Waals surface area contributed by atoms with Crippen LogP contribution in [0, 0.1) is 0 Å². The lowest BCUT2D eigenvalue weighted by Crippen LogP contribution is -1.95. The zero-order valence-corrected chi connectivity index (χ0v) is 28.1. The van der Waals surface area contributed by atoms with Crippen LogP contribution >= 0.6 is 0 Å². The number of fused-ring (bicyclic) bond motifs is 6. The maximum atomic E-state index is 5.32. The zero-order valence-electron chi connectivity index (χ0n) is 28.1. The molecule has 10 aromatic rings. The minimum Gasteiger partial charge on any atom is -0.247 e. The Morgan fingerprint density at radius 3 is 1.65 bits per heavy atom. The first-order valence-corrected chi connectivity index (χ1v) is 17.5. The molecule has 7 aromatic carbocycles. The minimum atomic E-state index is 0.709. The summed E-state index contributed by atoms with van der Waals surface area (Å²) in [6.45, 7) is 0. The SMILES string of the molecule is c1ccc(-c2ccc3ccc4c5cc(-c6ccc(-c7nc(-c8ccccc8)c8ccccc8n7)cc6)ccc5nc(-c5ccccc5)c4c3n2)cc1. The van der Waals surface area contributed by atoms with Crippen molar-refractivity contribution in [3.8, 4) is 56.3 Å². The molecule has 0 bridgehead atoms. The van der Waals surface area contributed by atoms with Gasteiger partial charge >= 0.3 is 0 Å². The van der Waals surface area contributed by atoms with Crippen LogP contribution in [0.5, 0.6) is 0 Å². The summed E-state index contributed by atoms with van der Waals surface area (Å²) < 4.78 is 0. The van der Waals surface area contributed by atoms with Crippen molar-refractivity contribution >= 4 is 43.5 Å². The summed E-state index contributed by atoms with van der Waals surface area (Å²) in [4.78, 5) is 20.6. The van der Waals surface area contributed by atoms with E-state index in [1.54, 1.807) is 0 Å². The van der Waals surface area contributed by atoms with Crippen molar-refractivity contribution in [3.05, 3.63) is 182 Å². The fourth-order valence-corrected chi connectivity index (χ4v) is 7.27. The summed E-state index contributed by atoms with van der Waals surface area (Å²) in [7, 11) is 0. The number of para-hydroxylation sites is 1. The Kier molecular flexibility index (Phi) is 7.10. The molecule has 0 fully saturated rings. The molecule has 0 amide bonds. The van der Waals surface area contributed by atoms with Gasteiger partial charge in [-0.25, -0.2) is 19.9 Å². The van der Waals surface area contributed by atoms with E-state index in [-0.39, 0.29) is 0 Å². The normalized spacial score (nSPS) is 11.5. The third-order valence-electron chi connectivity index (χ3n) is 9.86. The van der Waals surface area contributed by atoms with Gasteiger partial charge in [0.1, 0.15) is 0 Å². The number of hydrogen-bond acceptors (Lipinski definition) is 4. The highest BCUT2D eigenvalue weighted by atomic mass is 14.9. The number of aromatic nitrogens is 4. The first-order chi connectivity index (χ1) is 25.8. The van der Waals surface area contributed by atoms with Crippen molar-refractivity contribution in [3.63, 3.8) is 0 Å². The Labute approximate surface area is 300 Å². The molecule has 3 aromatic heterocycles. The number of pyridine rings is 2. The first-order valence-electron chi connectivity index (χ1n) is 17.5. The molecule has 10 rings (SSSR count). The highest BCUT2D eigenvalue weighted by molar-refractivity contribution is 6.20. The van der Waals surface area contributed by atoms with Gasteiger partial charge in [0.15, 0.2) is 5.82 Å². The Hall–Kier alpha value is -7.04. The average molecular weight is 663 g/mol. The fraction of sp³-hybridized carbons (Fsp3) is 0. The van der Waals surface area contributed by atoms with Crippen molar-refractivity contribution < 1.29 is 0 Å². The van der Waals surface area contributed by atoms with Crippen LogP contribution in [0.2, 0.25) is 0 Å².